The number of fused-ring (bicyclic) bond motifs is 1. The smallest absolute Gasteiger partial charge is 0.168 e. The molecular weight excluding hydrogens is 210 g/mol. The van der Waals surface area contributed by atoms with Crippen LogP contribution in [-0.4, -0.2) is 32.9 Å². The van der Waals surface area contributed by atoms with Gasteiger partial charge in [-0.25, -0.2) is 0 Å². The number of anilines is 1. The molecule has 2 N–H and O–H groups in total. The molecule has 0 fully saturated rings. The summed E-state index contributed by atoms with van der Waals surface area (Å²) in [6, 6.07) is 1.81. The van der Waals surface area contributed by atoms with Crippen molar-refractivity contribution in [3.05, 3.63) is 23.4 Å². The van der Waals surface area contributed by atoms with Crippen LogP contribution in [0.1, 0.15) is 0 Å². The van der Waals surface area contributed by atoms with E-state index in [1.165, 1.54) is 5.70 Å². The average molecular weight is 221 g/mol. The van der Waals surface area contributed by atoms with Crippen molar-refractivity contribution in [3.8, 4) is 0 Å². The number of aliphatic imine (C=N–C) groups is 1. The summed E-state index contributed by atoms with van der Waals surface area (Å²) < 4.78 is 1.85. The lowest BCUT2D eigenvalue weighted by Gasteiger charge is -2.16. The molecule has 15 heavy (non-hydrogen) atoms. The third kappa shape index (κ3) is 1.50. The summed E-state index contributed by atoms with van der Waals surface area (Å²) in [4.78, 5) is 6.63. The van der Waals surface area contributed by atoms with E-state index in [4.69, 9.17) is 5.73 Å². The Balaban J connectivity index is 1.77. The molecule has 1 aromatic rings. The standard InChI is InChI=1S/C9H11N5S/c10-8-1-3-13(12-8)5-7-6-15-9-11-2-4-14(7)9/h1,3,6H,2,4-5H2,(H2,10,12). The van der Waals surface area contributed by atoms with Crippen molar-refractivity contribution in [2.24, 2.45) is 4.99 Å². The number of rotatable bonds is 2. The Labute approximate surface area is 91.6 Å². The second-order valence-corrected chi connectivity index (χ2v) is 4.32. The van der Waals surface area contributed by atoms with Crippen molar-refractivity contribution >= 4 is 22.7 Å². The fourth-order valence-corrected chi connectivity index (χ4v) is 2.68. The van der Waals surface area contributed by atoms with Gasteiger partial charge in [-0.3, -0.25) is 9.67 Å². The maximum Gasteiger partial charge on any atom is 0.168 e. The highest BCUT2D eigenvalue weighted by Crippen LogP contribution is 2.29. The molecule has 0 amide bonds. The summed E-state index contributed by atoms with van der Waals surface area (Å²) in [5.74, 6) is 0.566. The third-order valence-corrected chi connectivity index (χ3v) is 3.38. The first-order chi connectivity index (χ1) is 7.33. The van der Waals surface area contributed by atoms with Crippen LogP contribution in [0.25, 0.3) is 0 Å². The fourth-order valence-electron chi connectivity index (χ4n) is 1.73. The van der Waals surface area contributed by atoms with Gasteiger partial charge in [0.15, 0.2) is 5.17 Å². The molecule has 0 radical (unpaired) electrons. The van der Waals surface area contributed by atoms with Gasteiger partial charge in [0.05, 0.1) is 13.1 Å². The van der Waals surface area contributed by atoms with Crippen LogP contribution in [0.15, 0.2) is 28.4 Å². The van der Waals surface area contributed by atoms with Gasteiger partial charge in [-0.15, -0.1) is 0 Å². The number of nitrogens with two attached hydrogens (primary N) is 1. The molecule has 0 bridgehead atoms. The summed E-state index contributed by atoms with van der Waals surface area (Å²) in [5.41, 5.74) is 6.82. The number of thioether (sulfide) groups is 1. The lowest BCUT2D eigenvalue weighted by atomic mass is 10.4. The Hall–Kier alpha value is -1.43. The second-order valence-electron chi connectivity index (χ2n) is 3.48. The van der Waals surface area contributed by atoms with Crippen LogP contribution < -0.4 is 5.73 Å². The second kappa shape index (κ2) is 3.30. The van der Waals surface area contributed by atoms with Gasteiger partial charge in [0.1, 0.15) is 5.82 Å². The summed E-state index contributed by atoms with van der Waals surface area (Å²) in [6.07, 6.45) is 1.89. The van der Waals surface area contributed by atoms with Gasteiger partial charge in [0, 0.05) is 23.8 Å². The molecule has 0 aliphatic carbocycles. The number of hydrogen-bond acceptors (Lipinski definition) is 5. The summed E-state index contributed by atoms with van der Waals surface area (Å²) in [5, 5.41) is 7.42. The van der Waals surface area contributed by atoms with E-state index in [0.29, 0.717) is 5.82 Å². The molecule has 0 spiro atoms. The lowest BCUT2D eigenvalue weighted by Crippen LogP contribution is -2.23. The van der Waals surface area contributed by atoms with E-state index in [0.717, 1.165) is 24.8 Å². The van der Waals surface area contributed by atoms with Gasteiger partial charge in [0.25, 0.3) is 0 Å². The molecule has 0 aromatic carbocycles. The van der Waals surface area contributed by atoms with Gasteiger partial charge in [0.2, 0.25) is 0 Å². The number of hydrogen-bond donors (Lipinski definition) is 1. The molecule has 5 nitrogen and oxygen atoms in total. The molecule has 0 unspecified atom stereocenters. The largest absolute Gasteiger partial charge is 0.382 e. The zero-order valence-corrected chi connectivity index (χ0v) is 8.94. The molecule has 0 saturated carbocycles. The Morgan fingerprint density at radius 3 is 3.27 bits per heavy atom. The molecule has 0 saturated heterocycles. The molecule has 0 atom stereocenters. The maximum absolute atomic E-state index is 5.57. The van der Waals surface area contributed by atoms with Crippen LogP contribution in [0.5, 0.6) is 0 Å². The van der Waals surface area contributed by atoms with Crippen LogP contribution in [0.2, 0.25) is 0 Å². The van der Waals surface area contributed by atoms with Gasteiger partial charge in [-0.05, 0) is 6.07 Å². The highest BCUT2D eigenvalue weighted by atomic mass is 32.2. The van der Waals surface area contributed by atoms with E-state index in [1.54, 1.807) is 11.8 Å². The first-order valence-electron chi connectivity index (χ1n) is 4.79. The highest BCUT2D eigenvalue weighted by Gasteiger charge is 2.26. The van der Waals surface area contributed by atoms with Crippen molar-refractivity contribution < 1.29 is 0 Å². The van der Waals surface area contributed by atoms with Crippen molar-refractivity contribution in [1.82, 2.24) is 14.7 Å². The van der Waals surface area contributed by atoms with Gasteiger partial charge in [-0.2, -0.15) is 5.10 Å². The van der Waals surface area contributed by atoms with Gasteiger partial charge < -0.3 is 10.6 Å². The van der Waals surface area contributed by atoms with E-state index in [2.05, 4.69) is 20.4 Å². The Morgan fingerprint density at radius 1 is 1.53 bits per heavy atom. The lowest BCUT2D eigenvalue weighted by molar-refractivity contribution is 0.508. The number of aromatic nitrogens is 2. The molecule has 1 aromatic heterocycles. The Morgan fingerprint density at radius 2 is 2.47 bits per heavy atom. The van der Waals surface area contributed by atoms with Crippen LogP contribution in [0, 0.1) is 0 Å². The molecule has 6 heteroatoms. The van der Waals surface area contributed by atoms with E-state index >= 15 is 0 Å². The normalized spacial score (nSPS) is 19.1. The van der Waals surface area contributed by atoms with Crippen molar-refractivity contribution in [2.75, 3.05) is 18.8 Å². The van der Waals surface area contributed by atoms with Crippen LogP contribution in [0.4, 0.5) is 5.82 Å². The Kier molecular flexibility index (Phi) is 1.95. The summed E-state index contributed by atoms with van der Waals surface area (Å²) >= 11 is 1.69. The number of amidine groups is 1. The predicted molar refractivity (Wildman–Crippen MR) is 61.3 cm³/mol. The molecule has 78 valence electrons. The maximum atomic E-state index is 5.57. The zero-order valence-electron chi connectivity index (χ0n) is 8.13. The van der Waals surface area contributed by atoms with Gasteiger partial charge in [-0.1, -0.05) is 11.8 Å². The predicted octanol–water partition coefficient (Wildman–Crippen LogP) is 0.725. The van der Waals surface area contributed by atoms with Crippen molar-refractivity contribution in [1.29, 1.82) is 0 Å². The average Bonchev–Trinajstić information content (AvgIpc) is 2.85. The minimum Gasteiger partial charge on any atom is -0.382 e. The molecule has 2 aliphatic rings. The van der Waals surface area contributed by atoms with E-state index in [9.17, 15) is 0 Å². The molecular formula is C9H11N5S. The molecule has 3 rings (SSSR count). The molecule has 3 heterocycles. The van der Waals surface area contributed by atoms with Crippen LogP contribution >= 0.6 is 11.8 Å². The van der Waals surface area contributed by atoms with Crippen molar-refractivity contribution in [3.63, 3.8) is 0 Å². The fraction of sp³-hybridized carbons (Fsp3) is 0.333. The summed E-state index contributed by atoms with van der Waals surface area (Å²) in [7, 11) is 0. The topological polar surface area (TPSA) is 59.4 Å². The quantitative estimate of drug-likeness (QED) is 0.799. The monoisotopic (exact) mass is 221 g/mol. The zero-order chi connectivity index (χ0) is 10.3. The van der Waals surface area contributed by atoms with E-state index in [-0.39, 0.29) is 0 Å². The number of allylic oxidation sites excluding steroid dienone is 1. The molecule has 2 aliphatic heterocycles. The minimum atomic E-state index is 0.566. The summed E-state index contributed by atoms with van der Waals surface area (Å²) in [6.45, 7) is 2.66. The van der Waals surface area contributed by atoms with E-state index < -0.39 is 0 Å². The van der Waals surface area contributed by atoms with Crippen LogP contribution in [-0.2, 0) is 6.54 Å². The first-order valence-corrected chi connectivity index (χ1v) is 5.67. The highest BCUT2D eigenvalue weighted by molar-refractivity contribution is 8.16. The number of nitrogens with zero attached hydrogens (tertiary/aromatic N) is 4. The van der Waals surface area contributed by atoms with Gasteiger partial charge >= 0.3 is 0 Å². The van der Waals surface area contributed by atoms with Crippen molar-refractivity contribution in [2.45, 2.75) is 6.54 Å². The number of nitrogen functional groups attached to an aromatic ring is 1. The SMILES string of the molecule is Nc1ccn(CC2=CSC3=NCCN23)n1. The third-order valence-electron chi connectivity index (χ3n) is 2.43. The van der Waals surface area contributed by atoms with E-state index in [1.807, 2.05) is 16.9 Å². The van der Waals surface area contributed by atoms with Crippen LogP contribution in [0.3, 0.4) is 0 Å². The Bertz CT molecular complexity index is 447. The minimum absolute atomic E-state index is 0.566. The first kappa shape index (κ1) is 8.84.